The molecule has 4 unspecified atom stereocenters. The number of hydrogen-bond acceptors (Lipinski definition) is 6. The summed E-state index contributed by atoms with van der Waals surface area (Å²) < 4.78 is 0. The molecule has 0 aromatic carbocycles. The molecule has 0 radical (unpaired) electrons. The van der Waals surface area contributed by atoms with Gasteiger partial charge in [0.15, 0.2) is 5.78 Å². The van der Waals surface area contributed by atoms with Crippen molar-refractivity contribution < 1.29 is 25.0 Å². The normalized spacial score (nSPS) is 31.7. The van der Waals surface area contributed by atoms with E-state index in [2.05, 4.69) is 5.16 Å². The fourth-order valence-electron chi connectivity index (χ4n) is 3.66. The summed E-state index contributed by atoms with van der Waals surface area (Å²) in [6.45, 7) is 2.04. The molecule has 0 aromatic rings. The summed E-state index contributed by atoms with van der Waals surface area (Å²) in [5.41, 5.74) is 2.01. The summed E-state index contributed by atoms with van der Waals surface area (Å²) in [6, 6.07) is 0. The maximum absolute atomic E-state index is 12.6. The minimum atomic E-state index is -0.752. The molecule has 0 saturated heterocycles. The van der Waals surface area contributed by atoms with Crippen LogP contribution in [-0.2, 0) is 9.63 Å². The Balaban J connectivity index is 2.09. The first-order valence-corrected chi connectivity index (χ1v) is 9.17. The number of nitrogens with zero attached hydrogens (tertiary/aromatic N) is 1. The Morgan fingerprint density at radius 3 is 2.64 bits per heavy atom. The molecular weight excluding hydrogens is 346 g/mol. The van der Waals surface area contributed by atoms with E-state index in [0.29, 0.717) is 37.8 Å². The molecule has 0 aromatic heterocycles. The number of hydrogen-bond donors (Lipinski definition) is 3. The zero-order chi connectivity index (χ0) is 18.4. The standard InChI is InChI=1S/C18H26ClNO5/c1-2-13(20-25-7-3-6-19)18-16(23)9-12(10-17(18)24)11-4-5-14(21)15(22)8-11/h3,6,11-12,14-15,21-23H,2,4-5,7-10H2,1H3. The number of ketones is 1. The summed E-state index contributed by atoms with van der Waals surface area (Å²) in [7, 11) is 0. The Morgan fingerprint density at radius 1 is 1.28 bits per heavy atom. The van der Waals surface area contributed by atoms with Gasteiger partial charge >= 0.3 is 0 Å². The van der Waals surface area contributed by atoms with Gasteiger partial charge in [0, 0.05) is 18.4 Å². The molecule has 0 bridgehead atoms. The van der Waals surface area contributed by atoms with Crippen LogP contribution in [0.25, 0.3) is 0 Å². The van der Waals surface area contributed by atoms with Crippen molar-refractivity contribution >= 4 is 23.1 Å². The van der Waals surface area contributed by atoms with Crippen molar-refractivity contribution in [3.63, 3.8) is 0 Å². The van der Waals surface area contributed by atoms with Crippen molar-refractivity contribution in [2.75, 3.05) is 6.61 Å². The molecule has 2 aliphatic rings. The molecule has 4 atom stereocenters. The molecule has 25 heavy (non-hydrogen) atoms. The van der Waals surface area contributed by atoms with Crippen LogP contribution in [0.4, 0.5) is 0 Å². The van der Waals surface area contributed by atoms with Gasteiger partial charge in [-0.3, -0.25) is 4.79 Å². The summed E-state index contributed by atoms with van der Waals surface area (Å²) in [4.78, 5) is 17.7. The van der Waals surface area contributed by atoms with Crippen LogP contribution in [-0.4, -0.2) is 45.6 Å². The molecule has 2 aliphatic carbocycles. The highest BCUT2D eigenvalue weighted by atomic mass is 35.5. The first kappa shape index (κ1) is 19.9. The molecule has 0 aliphatic heterocycles. The summed E-state index contributed by atoms with van der Waals surface area (Å²) in [5.74, 6) is 0.000161. The number of aliphatic hydroxyl groups excluding tert-OH is 3. The SMILES string of the molecule is CCC(=NOCC=CCl)C1=C(O)CC(C2CCC(O)C(O)C2)CC1=O. The van der Waals surface area contributed by atoms with E-state index in [0.717, 1.165) is 6.42 Å². The minimum Gasteiger partial charge on any atom is -0.511 e. The molecule has 0 heterocycles. The topological polar surface area (TPSA) is 99.3 Å². The monoisotopic (exact) mass is 371 g/mol. The van der Waals surface area contributed by atoms with Crippen LogP contribution in [0.15, 0.2) is 28.1 Å². The molecule has 3 N–H and O–H groups in total. The van der Waals surface area contributed by atoms with E-state index in [1.807, 2.05) is 6.92 Å². The second-order valence-corrected chi connectivity index (χ2v) is 6.92. The van der Waals surface area contributed by atoms with Gasteiger partial charge in [-0.1, -0.05) is 23.7 Å². The van der Waals surface area contributed by atoms with Crippen molar-refractivity contribution in [3.05, 3.63) is 22.9 Å². The van der Waals surface area contributed by atoms with Crippen LogP contribution in [0.5, 0.6) is 0 Å². The third-order valence-corrected chi connectivity index (χ3v) is 5.20. The molecule has 140 valence electrons. The maximum Gasteiger partial charge on any atom is 0.168 e. The number of oxime groups is 1. The number of carbonyl (C=O) groups excluding carboxylic acids is 1. The van der Waals surface area contributed by atoms with E-state index in [-0.39, 0.29) is 35.6 Å². The number of rotatable bonds is 6. The van der Waals surface area contributed by atoms with Gasteiger partial charge in [0.1, 0.15) is 12.4 Å². The van der Waals surface area contributed by atoms with Crippen LogP contribution in [0, 0.1) is 11.8 Å². The van der Waals surface area contributed by atoms with Gasteiger partial charge in [0.05, 0.1) is 23.5 Å². The Morgan fingerprint density at radius 2 is 2.04 bits per heavy atom. The van der Waals surface area contributed by atoms with E-state index in [1.54, 1.807) is 6.08 Å². The van der Waals surface area contributed by atoms with E-state index < -0.39 is 12.2 Å². The van der Waals surface area contributed by atoms with Crippen molar-refractivity contribution in [2.45, 2.75) is 57.7 Å². The second kappa shape index (κ2) is 9.36. The molecular formula is C18H26ClNO5. The smallest absolute Gasteiger partial charge is 0.168 e. The van der Waals surface area contributed by atoms with Gasteiger partial charge < -0.3 is 20.2 Å². The quantitative estimate of drug-likeness (QED) is 0.379. The van der Waals surface area contributed by atoms with E-state index in [4.69, 9.17) is 16.4 Å². The Hall–Kier alpha value is -1.37. The Kier molecular flexibility index (Phi) is 7.47. The van der Waals surface area contributed by atoms with Gasteiger partial charge in [0.25, 0.3) is 0 Å². The number of allylic oxidation sites excluding steroid dienone is 2. The fraction of sp³-hybridized carbons (Fsp3) is 0.667. The highest BCUT2D eigenvalue weighted by molar-refractivity contribution is 6.25. The lowest BCUT2D eigenvalue weighted by atomic mass is 9.71. The molecule has 6 nitrogen and oxygen atoms in total. The molecule has 2 rings (SSSR count). The van der Waals surface area contributed by atoms with Crippen LogP contribution in [0.1, 0.15) is 45.4 Å². The summed E-state index contributed by atoms with van der Waals surface area (Å²) in [5, 5.41) is 33.9. The van der Waals surface area contributed by atoms with E-state index in [9.17, 15) is 20.1 Å². The second-order valence-electron chi connectivity index (χ2n) is 6.67. The van der Waals surface area contributed by atoms with Crippen LogP contribution >= 0.6 is 11.6 Å². The number of aliphatic hydroxyl groups is 3. The summed E-state index contributed by atoms with van der Waals surface area (Å²) >= 11 is 5.41. The van der Waals surface area contributed by atoms with Crippen LogP contribution in [0.3, 0.4) is 0 Å². The lowest BCUT2D eigenvalue weighted by Gasteiger charge is -2.36. The number of carbonyl (C=O) groups is 1. The van der Waals surface area contributed by atoms with Gasteiger partial charge in [-0.05, 0) is 43.6 Å². The van der Waals surface area contributed by atoms with Crippen molar-refractivity contribution in [2.24, 2.45) is 17.0 Å². The van der Waals surface area contributed by atoms with Crippen LogP contribution in [0.2, 0.25) is 0 Å². The van der Waals surface area contributed by atoms with Gasteiger partial charge in [-0.25, -0.2) is 0 Å². The van der Waals surface area contributed by atoms with Gasteiger partial charge in [0.2, 0.25) is 0 Å². The third-order valence-electron chi connectivity index (χ3n) is 5.02. The average Bonchev–Trinajstić information content (AvgIpc) is 2.58. The first-order valence-electron chi connectivity index (χ1n) is 8.73. The number of halogens is 1. The van der Waals surface area contributed by atoms with Crippen molar-refractivity contribution in [1.29, 1.82) is 0 Å². The third kappa shape index (κ3) is 5.06. The lowest BCUT2D eigenvalue weighted by Crippen LogP contribution is -2.38. The zero-order valence-corrected chi connectivity index (χ0v) is 15.2. The zero-order valence-electron chi connectivity index (χ0n) is 14.4. The lowest BCUT2D eigenvalue weighted by molar-refractivity contribution is -0.118. The molecule has 0 amide bonds. The van der Waals surface area contributed by atoms with Gasteiger partial charge in [-0.15, -0.1) is 0 Å². The number of Topliss-reactive ketones (excluding diaryl/α,β-unsaturated/α-hetero) is 1. The maximum atomic E-state index is 12.6. The fourth-order valence-corrected chi connectivity index (χ4v) is 3.73. The molecule has 0 spiro atoms. The highest BCUT2D eigenvalue weighted by Crippen LogP contribution is 2.39. The van der Waals surface area contributed by atoms with E-state index >= 15 is 0 Å². The highest BCUT2D eigenvalue weighted by Gasteiger charge is 2.38. The molecule has 7 heteroatoms. The van der Waals surface area contributed by atoms with Crippen LogP contribution < -0.4 is 0 Å². The van der Waals surface area contributed by atoms with Gasteiger partial charge in [-0.2, -0.15) is 0 Å². The predicted octanol–water partition coefficient (Wildman–Crippen LogP) is 2.83. The van der Waals surface area contributed by atoms with Crippen molar-refractivity contribution in [3.8, 4) is 0 Å². The Labute approximate surface area is 152 Å². The minimum absolute atomic E-state index is 0.0170. The van der Waals surface area contributed by atoms with Crippen molar-refractivity contribution in [1.82, 2.24) is 0 Å². The predicted molar refractivity (Wildman–Crippen MR) is 95.4 cm³/mol. The molecule has 1 saturated carbocycles. The average molecular weight is 372 g/mol. The largest absolute Gasteiger partial charge is 0.511 e. The Bertz CT molecular complexity index is 572. The van der Waals surface area contributed by atoms with E-state index in [1.165, 1.54) is 5.54 Å². The molecule has 1 fully saturated rings. The first-order chi connectivity index (χ1) is 12.0. The summed E-state index contributed by atoms with van der Waals surface area (Å²) in [6.07, 6.45) is 3.04.